The Balaban J connectivity index is 1.69. The molecule has 2 N–H and O–H groups in total. The molecule has 0 aliphatic carbocycles. The molecule has 1 aromatic carbocycles. The number of anilines is 1. The predicted molar refractivity (Wildman–Crippen MR) is 124 cm³/mol. The highest BCUT2D eigenvalue weighted by molar-refractivity contribution is 6.07. The zero-order chi connectivity index (χ0) is 21.8. The summed E-state index contributed by atoms with van der Waals surface area (Å²) in [6.07, 6.45) is 7.23. The van der Waals surface area contributed by atoms with Gasteiger partial charge in [-0.25, -0.2) is 14.4 Å². The molecule has 0 radical (unpaired) electrons. The van der Waals surface area contributed by atoms with Gasteiger partial charge in [-0.05, 0) is 52.1 Å². The zero-order valence-electron chi connectivity index (χ0n) is 17.9. The fraction of sp³-hybridized carbons (Fsp3) is 0.304. The van der Waals surface area contributed by atoms with Crippen LogP contribution in [0, 0.1) is 6.92 Å². The van der Waals surface area contributed by atoms with Gasteiger partial charge in [-0.2, -0.15) is 10.2 Å². The normalized spacial score (nSPS) is 16.5. The molecular weight excluding hydrogens is 390 g/mol. The quantitative estimate of drug-likeness (QED) is 0.595. The van der Waals surface area contributed by atoms with Gasteiger partial charge in [0.15, 0.2) is 5.82 Å². The number of aliphatic imine (C=N–C) groups is 1. The Morgan fingerprint density at radius 3 is 2.84 bits per heavy atom. The summed E-state index contributed by atoms with van der Waals surface area (Å²) in [5.74, 6) is 1.02. The fourth-order valence-corrected chi connectivity index (χ4v) is 3.78. The molecule has 1 unspecified atom stereocenters. The van der Waals surface area contributed by atoms with Gasteiger partial charge in [0.1, 0.15) is 11.4 Å². The van der Waals surface area contributed by atoms with Crippen LogP contribution in [-0.2, 0) is 0 Å². The van der Waals surface area contributed by atoms with Gasteiger partial charge >= 0.3 is 0 Å². The van der Waals surface area contributed by atoms with Gasteiger partial charge in [0, 0.05) is 24.7 Å². The van der Waals surface area contributed by atoms with E-state index >= 15 is 0 Å². The molecule has 0 spiro atoms. The lowest BCUT2D eigenvalue weighted by molar-refractivity contribution is 0.102. The smallest absolute Gasteiger partial charge is 0.262 e. The lowest BCUT2D eigenvalue weighted by Gasteiger charge is -2.20. The third-order valence-corrected chi connectivity index (χ3v) is 5.42. The average molecular weight is 418 g/mol. The second-order valence-corrected chi connectivity index (χ2v) is 7.67. The number of rotatable bonds is 6. The first kappa shape index (κ1) is 20.7. The van der Waals surface area contributed by atoms with Crippen molar-refractivity contribution < 1.29 is 4.79 Å². The van der Waals surface area contributed by atoms with Crippen LogP contribution in [0.25, 0.3) is 11.9 Å². The van der Waals surface area contributed by atoms with Crippen LogP contribution in [0.3, 0.4) is 0 Å². The van der Waals surface area contributed by atoms with Gasteiger partial charge in [-0.1, -0.05) is 23.8 Å². The van der Waals surface area contributed by atoms with Crippen molar-refractivity contribution in [1.29, 1.82) is 0 Å². The molecule has 1 atom stereocenters. The number of piperidine rings is 1. The van der Waals surface area contributed by atoms with E-state index in [4.69, 9.17) is 5.10 Å². The molecule has 160 valence electrons. The van der Waals surface area contributed by atoms with Crippen LogP contribution in [-0.4, -0.2) is 45.3 Å². The van der Waals surface area contributed by atoms with E-state index in [9.17, 15) is 4.79 Å². The van der Waals surface area contributed by atoms with Crippen LogP contribution in [0.2, 0.25) is 0 Å². The number of aryl methyl sites for hydroxylation is 1. The van der Waals surface area contributed by atoms with Crippen LogP contribution in [0.4, 0.5) is 11.6 Å². The summed E-state index contributed by atoms with van der Waals surface area (Å²) in [4.78, 5) is 17.1. The van der Waals surface area contributed by atoms with E-state index in [-0.39, 0.29) is 5.91 Å². The average Bonchev–Trinajstić information content (AvgIpc) is 3.39. The van der Waals surface area contributed by atoms with E-state index in [0.717, 1.165) is 42.9 Å². The number of aromatic nitrogens is 4. The number of nitrogens with zero attached hydrogens (tertiary/aromatic N) is 5. The predicted octanol–water partition coefficient (Wildman–Crippen LogP) is 3.92. The molecule has 1 fully saturated rings. The molecular formula is C23H27N7O. The molecule has 4 rings (SSSR count). The molecule has 8 nitrogen and oxygen atoms in total. The lowest BCUT2D eigenvalue weighted by atomic mass is 9.96. The first-order valence-electron chi connectivity index (χ1n) is 10.5. The summed E-state index contributed by atoms with van der Waals surface area (Å²) in [6, 6.07) is 10.0. The summed E-state index contributed by atoms with van der Waals surface area (Å²) in [5.41, 5.74) is 3.37. The van der Waals surface area contributed by atoms with Gasteiger partial charge < -0.3 is 10.6 Å². The van der Waals surface area contributed by atoms with Crippen LogP contribution < -0.4 is 10.6 Å². The topological polar surface area (TPSA) is 89.1 Å². The van der Waals surface area contributed by atoms with E-state index in [1.807, 2.05) is 50.3 Å². The standard InChI is InChI=1S/C23H27N7O/c1-4-12-29-22(24-3)19(15-26-29)23(31)27-21-13-20(17-6-5-11-25-14-17)28-30(21)18-9-7-16(2)8-10-18/h4,7-10,12-13,15,17,25H,3,5-6,11,14H2,1-2H3,(H,27,31). The minimum absolute atomic E-state index is 0.306. The maximum absolute atomic E-state index is 13.1. The molecule has 0 saturated carbocycles. The zero-order valence-corrected chi connectivity index (χ0v) is 17.9. The van der Waals surface area contributed by atoms with Crippen molar-refractivity contribution in [3.63, 3.8) is 0 Å². The molecule has 0 bridgehead atoms. The maximum Gasteiger partial charge on any atom is 0.262 e. The highest BCUT2D eigenvalue weighted by atomic mass is 16.1. The number of hydrogen-bond acceptors (Lipinski definition) is 5. The number of nitrogens with one attached hydrogen (secondary N) is 2. The van der Waals surface area contributed by atoms with Crippen LogP contribution >= 0.6 is 0 Å². The van der Waals surface area contributed by atoms with Crippen molar-refractivity contribution in [3.05, 3.63) is 59.4 Å². The Labute approximate surface area is 181 Å². The lowest BCUT2D eigenvalue weighted by Crippen LogP contribution is -2.28. The number of benzene rings is 1. The molecule has 2 aromatic heterocycles. The first-order valence-corrected chi connectivity index (χ1v) is 10.5. The Kier molecular flexibility index (Phi) is 6.08. The van der Waals surface area contributed by atoms with E-state index in [2.05, 4.69) is 27.4 Å². The highest BCUT2D eigenvalue weighted by Gasteiger charge is 2.23. The Morgan fingerprint density at radius 2 is 2.16 bits per heavy atom. The van der Waals surface area contributed by atoms with Gasteiger partial charge in [0.25, 0.3) is 5.91 Å². The number of allylic oxidation sites excluding steroid dienone is 1. The second kappa shape index (κ2) is 9.09. The van der Waals surface area contributed by atoms with Crippen LogP contribution in [0.5, 0.6) is 0 Å². The Hall–Kier alpha value is -3.52. The summed E-state index contributed by atoms with van der Waals surface area (Å²) in [6.45, 7) is 9.42. The largest absolute Gasteiger partial charge is 0.316 e. The van der Waals surface area contributed by atoms with Crippen LogP contribution in [0.1, 0.15) is 47.3 Å². The maximum atomic E-state index is 13.1. The Bertz CT molecular complexity index is 1100. The van der Waals surface area contributed by atoms with E-state index in [0.29, 0.717) is 23.1 Å². The Morgan fingerprint density at radius 1 is 1.35 bits per heavy atom. The molecule has 3 heterocycles. The van der Waals surface area contributed by atoms with Gasteiger partial charge in [0.2, 0.25) is 0 Å². The van der Waals surface area contributed by atoms with Crippen molar-refractivity contribution >= 4 is 30.5 Å². The van der Waals surface area contributed by atoms with Crippen molar-refractivity contribution in [2.45, 2.75) is 32.6 Å². The summed E-state index contributed by atoms with van der Waals surface area (Å²) in [7, 11) is 0. The van der Waals surface area contributed by atoms with E-state index in [1.54, 1.807) is 10.9 Å². The van der Waals surface area contributed by atoms with Gasteiger partial charge in [0.05, 0.1) is 17.6 Å². The van der Waals surface area contributed by atoms with E-state index < -0.39 is 0 Å². The number of hydrogen-bond donors (Lipinski definition) is 2. The molecule has 1 saturated heterocycles. The van der Waals surface area contributed by atoms with Crippen molar-refractivity contribution in [2.24, 2.45) is 4.99 Å². The third kappa shape index (κ3) is 4.34. The molecule has 31 heavy (non-hydrogen) atoms. The molecule has 8 heteroatoms. The summed E-state index contributed by atoms with van der Waals surface area (Å²) in [5, 5.41) is 15.5. The summed E-state index contributed by atoms with van der Waals surface area (Å²) >= 11 is 0. The first-order chi connectivity index (χ1) is 15.1. The van der Waals surface area contributed by atoms with Crippen LogP contribution in [0.15, 0.2) is 47.6 Å². The highest BCUT2D eigenvalue weighted by Crippen LogP contribution is 2.28. The second-order valence-electron chi connectivity index (χ2n) is 7.67. The number of amides is 1. The van der Waals surface area contributed by atoms with Crippen molar-refractivity contribution in [3.8, 4) is 5.69 Å². The van der Waals surface area contributed by atoms with Gasteiger partial charge in [-0.15, -0.1) is 0 Å². The summed E-state index contributed by atoms with van der Waals surface area (Å²) < 4.78 is 3.32. The minimum Gasteiger partial charge on any atom is -0.316 e. The fourth-order valence-electron chi connectivity index (χ4n) is 3.78. The number of carbonyl (C=O) groups is 1. The third-order valence-electron chi connectivity index (χ3n) is 5.42. The number of carbonyl (C=O) groups excluding carboxylic acids is 1. The minimum atomic E-state index is -0.306. The van der Waals surface area contributed by atoms with Gasteiger partial charge in [-0.3, -0.25) is 4.79 Å². The van der Waals surface area contributed by atoms with Crippen molar-refractivity contribution in [1.82, 2.24) is 24.9 Å². The van der Waals surface area contributed by atoms with E-state index in [1.165, 1.54) is 10.9 Å². The molecule has 1 amide bonds. The molecule has 1 aliphatic heterocycles. The van der Waals surface area contributed by atoms with Crippen molar-refractivity contribution in [2.75, 3.05) is 18.4 Å². The monoisotopic (exact) mass is 417 g/mol. The molecule has 1 aliphatic rings. The SMILES string of the molecule is C=Nc1c(C(=O)Nc2cc(C3CCCNC3)nn2-c2ccc(C)cc2)cnn1C=CC. The molecule has 3 aromatic rings.